The maximum Gasteiger partial charge on any atom is 0.143 e. The first-order valence-corrected chi connectivity index (χ1v) is 8.58. The Morgan fingerprint density at radius 2 is 2.36 bits per heavy atom. The minimum atomic E-state index is -0.157. The molecule has 0 spiro atoms. The molecule has 0 saturated carbocycles. The predicted molar refractivity (Wildman–Crippen MR) is 97.4 cm³/mol. The fourth-order valence-corrected chi connectivity index (χ4v) is 3.08. The minimum absolute atomic E-state index is 0.0375. The SMILES string of the molecule is C=CN(c1ncnc(NCCc2ccc[nH]2)c1C)C1CCC(CO)O1. The molecule has 7 nitrogen and oxygen atoms in total. The summed E-state index contributed by atoms with van der Waals surface area (Å²) in [6.45, 7) is 6.70. The van der Waals surface area contributed by atoms with Crippen molar-refractivity contribution < 1.29 is 9.84 Å². The molecule has 0 aliphatic carbocycles. The maximum atomic E-state index is 9.28. The molecule has 3 heterocycles. The van der Waals surface area contributed by atoms with Crippen LogP contribution in [0.1, 0.15) is 24.1 Å². The van der Waals surface area contributed by atoms with Crippen LogP contribution >= 0.6 is 0 Å². The van der Waals surface area contributed by atoms with E-state index in [1.165, 1.54) is 5.69 Å². The van der Waals surface area contributed by atoms with Gasteiger partial charge in [0, 0.05) is 36.6 Å². The van der Waals surface area contributed by atoms with Gasteiger partial charge in [-0.15, -0.1) is 0 Å². The van der Waals surface area contributed by atoms with Gasteiger partial charge in [-0.25, -0.2) is 9.97 Å². The molecule has 2 atom stereocenters. The molecular formula is C18H25N5O2. The Labute approximate surface area is 147 Å². The standard InChI is InChI=1S/C18H25N5O2/c1-3-23(16-7-6-15(11-24)25-16)18-13(2)17(21-12-22-18)20-10-8-14-5-4-9-19-14/h3-5,9,12,15-16,19,24H,1,6-8,10-11H2,2H3,(H,20,21,22). The molecule has 25 heavy (non-hydrogen) atoms. The largest absolute Gasteiger partial charge is 0.394 e. The van der Waals surface area contributed by atoms with Crippen LogP contribution in [0.3, 0.4) is 0 Å². The lowest BCUT2D eigenvalue weighted by Crippen LogP contribution is -2.32. The molecule has 2 unspecified atom stereocenters. The number of aliphatic hydroxyl groups excluding tert-OH is 1. The average molecular weight is 343 g/mol. The lowest BCUT2D eigenvalue weighted by Gasteiger charge is -2.27. The second kappa shape index (κ2) is 8.13. The van der Waals surface area contributed by atoms with Crippen molar-refractivity contribution in [3.8, 4) is 0 Å². The molecule has 2 aromatic rings. The normalized spacial score (nSPS) is 19.8. The summed E-state index contributed by atoms with van der Waals surface area (Å²) in [4.78, 5) is 13.9. The van der Waals surface area contributed by atoms with Gasteiger partial charge in [0.05, 0.1) is 12.7 Å². The number of nitrogens with zero attached hydrogens (tertiary/aromatic N) is 3. The number of hydrogen-bond acceptors (Lipinski definition) is 6. The van der Waals surface area contributed by atoms with Crippen molar-refractivity contribution in [2.75, 3.05) is 23.4 Å². The van der Waals surface area contributed by atoms with Gasteiger partial charge >= 0.3 is 0 Å². The van der Waals surface area contributed by atoms with Crippen LogP contribution in [-0.4, -0.2) is 45.5 Å². The third kappa shape index (κ3) is 4.00. The zero-order valence-corrected chi connectivity index (χ0v) is 14.5. The summed E-state index contributed by atoms with van der Waals surface area (Å²) in [7, 11) is 0. The first-order valence-electron chi connectivity index (χ1n) is 8.58. The molecule has 0 radical (unpaired) electrons. The van der Waals surface area contributed by atoms with Crippen molar-refractivity contribution in [1.29, 1.82) is 0 Å². The van der Waals surface area contributed by atoms with Gasteiger partial charge in [0.1, 0.15) is 24.2 Å². The molecule has 134 valence electrons. The second-order valence-electron chi connectivity index (χ2n) is 6.11. The number of rotatable bonds is 8. The van der Waals surface area contributed by atoms with E-state index in [0.29, 0.717) is 0 Å². The Bertz CT molecular complexity index is 689. The van der Waals surface area contributed by atoms with E-state index < -0.39 is 0 Å². The summed E-state index contributed by atoms with van der Waals surface area (Å²) in [6, 6.07) is 4.06. The van der Waals surface area contributed by atoms with Crippen molar-refractivity contribution in [2.45, 2.75) is 38.5 Å². The number of anilines is 2. The minimum Gasteiger partial charge on any atom is -0.394 e. The Kier molecular flexibility index (Phi) is 5.67. The van der Waals surface area contributed by atoms with Gasteiger partial charge in [0.15, 0.2) is 0 Å². The van der Waals surface area contributed by atoms with Gasteiger partial charge in [-0.2, -0.15) is 0 Å². The topological polar surface area (TPSA) is 86.3 Å². The number of aromatic amines is 1. The monoisotopic (exact) mass is 343 g/mol. The van der Waals surface area contributed by atoms with Crippen LogP contribution in [-0.2, 0) is 11.2 Å². The number of ether oxygens (including phenoxy) is 1. The van der Waals surface area contributed by atoms with Gasteiger partial charge in [-0.05, 0) is 31.9 Å². The highest BCUT2D eigenvalue weighted by molar-refractivity contribution is 5.59. The smallest absolute Gasteiger partial charge is 0.143 e. The molecule has 0 amide bonds. The number of nitrogens with one attached hydrogen (secondary N) is 2. The Hall–Kier alpha value is -2.38. The fraction of sp³-hybridized carbons (Fsp3) is 0.444. The van der Waals surface area contributed by atoms with Crippen molar-refractivity contribution in [2.24, 2.45) is 0 Å². The molecule has 7 heteroatoms. The van der Waals surface area contributed by atoms with E-state index in [1.54, 1.807) is 12.5 Å². The number of aliphatic hydroxyl groups is 1. The summed E-state index contributed by atoms with van der Waals surface area (Å²) < 4.78 is 5.86. The molecule has 1 aliphatic rings. The Morgan fingerprint density at radius 3 is 3.04 bits per heavy atom. The molecule has 0 bridgehead atoms. The van der Waals surface area contributed by atoms with Crippen LogP contribution in [0.5, 0.6) is 0 Å². The quantitative estimate of drug-likeness (QED) is 0.681. The van der Waals surface area contributed by atoms with Crippen molar-refractivity contribution in [3.63, 3.8) is 0 Å². The molecular weight excluding hydrogens is 318 g/mol. The zero-order chi connectivity index (χ0) is 17.6. The average Bonchev–Trinajstić information content (AvgIpc) is 3.30. The summed E-state index contributed by atoms with van der Waals surface area (Å²) in [5, 5.41) is 12.6. The lowest BCUT2D eigenvalue weighted by molar-refractivity contribution is 0.0141. The summed E-state index contributed by atoms with van der Waals surface area (Å²) >= 11 is 0. The van der Waals surface area contributed by atoms with E-state index in [4.69, 9.17) is 4.74 Å². The second-order valence-corrected chi connectivity index (χ2v) is 6.11. The van der Waals surface area contributed by atoms with Crippen molar-refractivity contribution in [3.05, 3.63) is 48.7 Å². The Morgan fingerprint density at radius 1 is 1.48 bits per heavy atom. The van der Waals surface area contributed by atoms with Crippen molar-refractivity contribution in [1.82, 2.24) is 15.0 Å². The molecule has 3 N–H and O–H groups in total. The highest BCUT2D eigenvalue weighted by atomic mass is 16.5. The van der Waals surface area contributed by atoms with E-state index >= 15 is 0 Å². The molecule has 0 aromatic carbocycles. The van der Waals surface area contributed by atoms with Gasteiger partial charge < -0.3 is 25.0 Å². The van der Waals surface area contributed by atoms with Gasteiger partial charge in [-0.1, -0.05) is 6.58 Å². The van der Waals surface area contributed by atoms with Gasteiger partial charge in [0.25, 0.3) is 0 Å². The Balaban J connectivity index is 1.69. The summed E-state index contributed by atoms with van der Waals surface area (Å²) in [5.74, 6) is 1.58. The van der Waals surface area contributed by atoms with E-state index in [2.05, 4.69) is 32.9 Å². The molecule has 3 rings (SSSR count). The highest BCUT2D eigenvalue weighted by Crippen LogP contribution is 2.30. The highest BCUT2D eigenvalue weighted by Gasteiger charge is 2.30. The first-order chi connectivity index (χ1) is 12.2. The molecule has 1 saturated heterocycles. The first kappa shape index (κ1) is 17.4. The van der Waals surface area contributed by atoms with E-state index in [9.17, 15) is 5.11 Å². The van der Waals surface area contributed by atoms with E-state index in [0.717, 1.165) is 43.0 Å². The zero-order valence-electron chi connectivity index (χ0n) is 14.5. The molecule has 1 aliphatic heterocycles. The number of H-pyrrole nitrogens is 1. The maximum absolute atomic E-state index is 9.28. The van der Waals surface area contributed by atoms with Gasteiger partial charge in [-0.3, -0.25) is 0 Å². The lowest BCUT2D eigenvalue weighted by atomic mass is 10.2. The number of aromatic nitrogens is 3. The van der Waals surface area contributed by atoms with E-state index in [-0.39, 0.29) is 18.9 Å². The van der Waals surface area contributed by atoms with Crippen LogP contribution in [0.4, 0.5) is 11.6 Å². The van der Waals surface area contributed by atoms with Gasteiger partial charge in [0.2, 0.25) is 0 Å². The van der Waals surface area contributed by atoms with Crippen LogP contribution in [0.25, 0.3) is 0 Å². The van der Waals surface area contributed by atoms with Crippen LogP contribution in [0.2, 0.25) is 0 Å². The number of hydrogen-bond donors (Lipinski definition) is 3. The van der Waals surface area contributed by atoms with Crippen molar-refractivity contribution >= 4 is 11.6 Å². The third-order valence-corrected chi connectivity index (χ3v) is 4.45. The van der Waals surface area contributed by atoms with E-state index in [1.807, 2.05) is 24.1 Å². The molecule has 1 fully saturated rings. The van der Waals surface area contributed by atoms with Crippen LogP contribution in [0, 0.1) is 6.92 Å². The van der Waals surface area contributed by atoms with Crippen LogP contribution < -0.4 is 10.2 Å². The molecule has 2 aromatic heterocycles. The summed E-state index contributed by atoms with van der Waals surface area (Å²) in [6.07, 6.45) is 7.47. The van der Waals surface area contributed by atoms with Crippen LogP contribution in [0.15, 0.2) is 37.4 Å². The fourth-order valence-electron chi connectivity index (χ4n) is 3.08. The summed E-state index contributed by atoms with van der Waals surface area (Å²) in [5.41, 5.74) is 2.13. The predicted octanol–water partition coefficient (Wildman–Crippen LogP) is 2.22. The third-order valence-electron chi connectivity index (χ3n) is 4.45.